The van der Waals surface area contributed by atoms with Crippen LogP contribution in [-0.4, -0.2) is 48.2 Å². The number of aliphatic hydroxyl groups excluding tert-OH is 1. The summed E-state index contributed by atoms with van der Waals surface area (Å²) in [5.74, 6) is 0.624. The highest BCUT2D eigenvalue weighted by molar-refractivity contribution is 5.81. The predicted octanol–water partition coefficient (Wildman–Crippen LogP) is 0.215. The van der Waals surface area contributed by atoms with E-state index in [0.29, 0.717) is 12.3 Å². The fourth-order valence-corrected chi connectivity index (χ4v) is 2.06. The standard InChI is InChI=1S/C11H22N2O2/c1-9(2)8-13-6-3-5-12-11(15)10(13)4-7-14/h9-10,14H,3-8H2,1-2H3,(H,12,15). The second-order valence-electron chi connectivity index (χ2n) is 4.56. The van der Waals surface area contributed by atoms with E-state index >= 15 is 0 Å². The number of carbonyl (C=O) groups is 1. The topological polar surface area (TPSA) is 52.6 Å². The molecule has 15 heavy (non-hydrogen) atoms. The molecule has 88 valence electrons. The Hall–Kier alpha value is -0.610. The molecular formula is C11H22N2O2. The van der Waals surface area contributed by atoms with E-state index in [1.807, 2.05) is 0 Å². The summed E-state index contributed by atoms with van der Waals surface area (Å²) in [4.78, 5) is 13.9. The molecule has 0 spiro atoms. The highest BCUT2D eigenvalue weighted by atomic mass is 16.3. The lowest BCUT2D eigenvalue weighted by Gasteiger charge is -2.29. The van der Waals surface area contributed by atoms with Crippen LogP contribution in [-0.2, 0) is 4.79 Å². The zero-order valence-corrected chi connectivity index (χ0v) is 9.70. The first-order valence-electron chi connectivity index (χ1n) is 5.77. The van der Waals surface area contributed by atoms with E-state index in [9.17, 15) is 4.79 Å². The Kier molecular flexibility index (Phi) is 5.05. The average molecular weight is 214 g/mol. The van der Waals surface area contributed by atoms with Crippen LogP contribution in [0.4, 0.5) is 0 Å². The van der Waals surface area contributed by atoms with Gasteiger partial charge in [-0.1, -0.05) is 13.8 Å². The van der Waals surface area contributed by atoms with E-state index in [1.54, 1.807) is 0 Å². The minimum Gasteiger partial charge on any atom is -0.396 e. The van der Waals surface area contributed by atoms with E-state index in [0.717, 1.165) is 26.1 Å². The van der Waals surface area contributed by atoms with Crippen molar-refractivity contribution in [3.05, 3.63) is 0 Å². The van der Waals surface area contributed by atoms with E-state index < -0.39 is 0 Å². The fourth-order valence-electron chi connectivity index (χ4n) is 2.06. The Bertz CT molecular complexity index is 207. The summed E-state index contributed by atoms with van der Waals surface area (Å²) in [5, 5.41) is 11.9. The Morgan fingerprint density at radius 1 is 1.60 bits per heavy atom. The van der Waals surface area contributed by atoms with Crippen molar-refractivity contribution in [2.75, 3.05) is 26.2 Å². The molecule has 0 aliphatic carbocycles. The van der Waals surface area contributed by atoms with Crippen LogP contribution in [0.3, 0.4) is 0 Å². The number of nitrogens with zero attached hydrogens (tertiary/aromatic N) is 1. The number of nitrogens with one attached hydrogen (secondary N) is 1. The van der Waals surface area contributed by atoms with Gasteiger partial charge in [-0.2, -0.15) is 0 Å². The fraction of sp³-hybridized carbons (Fsp3) is 0.909. The molecule has 1 aliphatic heterocycles. The van der Waals surface area contributed by atoms with Gasteiger partial charge in [-0.15, -0.1) is 0 Å². The van der Waals surface area contributed by atoms with Crippen LogP contribution >= 0.6 is 0 Å². The van der Waals surface area contributed by atoms with Gasteiger partial charge in [0, 0.05) is 26.2 Å². The molecule has 1 fully saturated rings. The smallest absolute Gasteiger partial charge is 0.237 e. The molecule has 1 saturated heterocycles. The van der Waals surface area contributed by atoms with Crippen LogP contribution in [0.25, 0.3) is 0 Å². The highest BCUT2D eigenvalue weighted by Gasteiger charge is 2.27. The minimum atomic E-state index is -0.139. The van der Waals surface area contributed by atoms with Crippen molar-refractivity contribution in [3.63, 3.8) is 0 Å². The Morgan fingerprint density at radius 3 is 2.93 bits per heavy atom. The molecule has 0 bridgehead atoms. The summed E-state index contributed by atoms with van der Waals surface area (Å²) in [6, 6.07) is -0.139. The Balaban J connectivity index is 2.63. The lowest BCUT2D eigenvalue weighted by Crippen LogP contribution is -2.46. The molecule has 1 heterocycles. The van der Waals surface area contributed by atoms with E-state index in [1.165, 1.54) is 0 Å². The van der Waals surface area contributed by atoms with Gasteiger partial charge in [0.05, 0.1) is 6.04 Å². The Labute approximate surface area is 91.6 Å². The van der Waals surface area contributed by atoms with Crippen molar-refractivity contribution < 1.29 is 9.90 Å². The summed E-state index contributed by atoms with van der Waals surface area (Å²) in [6.45, 7) is 7.01. The molecule has 1 aliphatic rings. The lowest BCUT2D eigenvalue weighted by atomic mass is 10.1. The molecule has 0 radical (unpaired) electrons. The second kappa shape index (κ2) is 6.08. The van der Waals surface area contributed by atoms with Crippen molar-refractivity contribution in [2.45, 2.75) is 32.7 Å². The highest BCUT2D eigenvalue weighted by Crippen LogP contribution is 2.11. The average Bonchev–Trinajstić information content (AvgIpc) is 2.32. The van der Waals surface area contributed by atoms with Crippen LogP contribution in [0.1, 0.15) is 26.7 Å². The first-order valence-corrected chi connectivity index (χ1v) is 5.77. The molecule has 1 amide bonds. The molecule has 2 N–H and O–H groups in total. The molecule has 0 aromatic carbocycles. The van der Waals surface area contributed by atoms with E-state index in [4.69, 9.17) is 5.11 Å². The molecule has 0 aromatic heterocycles. The quantitative estimate of drug-likeness (QED) is 0.703. The van der Waals surface area contributed by atoms with Gasteiger partial charge >= 0.3 is 0 Å². The van der Waals surface area contributed by atoms with Gasteiger partial charge in [-0.05, 0) is 18.8 Å². The molecule has 0 aromatic rings. The maximum atomic E-state index is 11.7. The third kappa shape index (κ3) is 3.80. The number of rotatable bonds is 4. The van der Waals surface area contributed by atoms with Crippen LogP contribution in [0.5, 0.6) is 0 Å². The molecule has 1 rings (SSSR count). The lowest BCUT2D eigenvalue weighted by molar-refractivity contribution is -0.126. The summed E-state index contributed by atoms with van der Waals surface area (Å²) in [6.07, 6.45) is 1.54. The van der Waals surface area contributed by atoms with Crippen molar-refractivity contribution >= 4 is 5.91 Å². The van der Waals surface area contributed by atoms with Crippen LogP contribution in [0.15, 0.2) is 0 Å². The van der Waals surface area contributed by atoms with Crippen molar-refractivity contribution in [2.24, 2.45) is 5.92 Å². The maximum Gasteiger partial charge on any atom is 0.237 e. The van der Waals surface area contributed by atoms with Crippen molar-refractivity contribution in [1.29, 1.82) is 0 Å². The van der Waals surface area contributed by atoms with E-state index in [-0.39, 0.29) is 18.6 Å². The molecule has 1 atom stereocenters. The largest absolute Gasteiger partial charge is 0.396 e. The number of hydrogen-bond donors (Lipinski definition) is 2. The third-order valence-electron chi connectivity index (χ3n) is 2.67. The third-order valence-corrected chi connectivity index (χ3v) is 2.67. The van der Waals surface area contributed by atoms with Gasteiger partial charge in [-0.25, -0.2) is 0 Å². The molecule has 1 unspecified atom stereocenters. The zero-order valence-electron chi connectivity index (χ0n) is 9.70. The van der Waals surface area contributed by atoms with Crippen LogP contribution < -0.4 is 5.32 Å². The first-order chi connectivity index (χ1) is 7.15. The van der Waals surface area contributed by atoms with Gasteiger partial charge in [0.1, 0.15) is 0 Å². The van der Waals surface area contributed by atoms with Gasteiger partial charge < -0.3 is 10.4 Å². The van der Waals surface area contributed by atoms with Gasteiger partial charge in [0.15, 0.2) is 0 Å². The number of carbonyl (C=O) groups excluding carboxylic acids is 1. The first kappa shape index (κ1) is 12.5. The predicted molar refractivity (Wildman–Crippen MR) is 59.5 cm³/mol. The summed E-state index contributed by atoms with van der Waals surface area (Å²) >= 11 is 0. The molecule has 4 nitrogen and oxygen atoms in total. The number of hydrogen-bond acceptors (Lipinski definition) is 3. The van der Waals surface area contributed by atoms with Gasteiger partial charge in [0.2, 0.25) is 5.91 Å². The normalized spacial score (nSPS) is 24.0. The second-order valence-corrected chi connectivity index (χ2v) is 4.56. The molecular weight excluding hydrogens is 192 g/mol. The van der Waals surface area contributed by atoms with Crippen molar-refractivity contribution in [1.82, 2.24) is 10.2 Å². The number of amides is 1. The Morgan fingerprint density at radius 2 is 2.33 bits per heavy atom. The summed E-state index contributed by atoms with van der Waals surface area (Å²) in [5.41, 5.74) is 0. The van der Waals surface area contributed by atoms with Crippen LogP contribution in [0.2, 0.25) is 0 Å². The maximum absolute atomic E-state index is 11.7. The monoisotopic (exact) mass is 214 g/mol. The van der Waals surface area contributed by atoms with Gasteiger partial charge in [0.25, 0.3) is 0 Å². The van der Waals surface area contributed by atoms with Crippen LogP contribution in [0, 0.1) is 5.92 Å². The summed E-state index contributed by atoms with van der Waals surface area (Å²) in [7, 11) is 0. The van der Waals surface area contributed by atoms with Gasteiger partial charge in [-0.3, -0.25) is 9.69 Å². The minimum absolute atomic E-state index is 0.0715. The molecule has 4 heteroatoms. The van der Waals surface area contributed by atoms with Crippen molar-refractivity contribution in [3.8, 4) is 0 Å². The number of aliphatic hydroxyl groups is 1. The molecule has 0 saturated carbocycles. The van der Waals surface area contributed by atoms with E-state index in [2.05, 4.69) is 24.1 Å². The summed E-state index contributed by atoms with van der Waals surface area (Å²) < 4.78 is 0. The SMILES string of the molecule is CC(C)CN1CCCNC(=O)C1CCO. The zero-order chi connectivity index (χ0) is 11.3.